The van der Waals surface area contributed by atoms with Crippen molar-refractivity contribution in [3.63, 3.8) is 0 Å². The molecule has 6 heteroatoms. The molecule has 0 radical (unpaired) electrons. The lowest BCUT2D eigenvalue weighted by molar-refractivity contribution is -0.115. The molecule has 1 aromatic heterocycles. The van der Waals surface area contributed by atoms with Crippen molar-refractivity contribution in [2.45, 2.75) is 5.03 Å². The molecule has 0 saturated carbocycles. The van der Waals surface area contributed by atoms with Crippen molar-refractivity contribution >= 4 is 40.3 Å². The first-order valence-corrected chi connectivity index (χ1v) is 5.13. The van der Waals surface area contributed by atoms with Gasteiger partial charge in [-0.15, -0.1) is 0 Å². The molecule has 0 aliphatic heterocycles. The Morgan fingerprint density at radius 2 is 2.50 bits per heavy atom. The summed E-state index contributed by atoms with van der Waals surface area (Å²) < 4.78 is 0.932. The summed E-state index contributed by atoms with van der Waals surface area (Å²) in [5.74, 6) is -0.0815. The Kier molecular flexibility index (Phi) is 3.73. The van der Waals surface area contributed by atoms with E-state index in [0.29, 0.717) is 0 Å². The fraction of sp³-hybridized carbons (Fsp3) is 0.167. The Morgan fingerprint density at radius 3 is 3.08 bits per heavy atom. The molecule has 1 rings (SSSR count). The number of hydrogen-bond donors (Lipinski definition) is 1. The van der Waals surface area contributed by atoms with Crippen LogP contribution in [0.25, 0.3) is 0 Å². The highest BCUT2D eigenvalue weighted by atomic mass is 127. The van der Waals surface area contributed by atoms with Crippen LogP contribution in [0.4, 0.5) is 0 Å². The van der Waals surface area contributed by atoms with Gasteiger partial charge in [0.15, 0.2) is 0 Å². The van der Waals surface area contributed by atoms with Gasteiger partial charge >= 0.3 is 0 Å². The standard InChI is InChI=1S/C6H6IN3OS/c7-4-1-9-3-10-6(4)12-2-5(8)11/h1,3H,2H2,(H2,8,11). The van der Waals surface area contributed by atoms with Crippen molar-refractivity contribution < 1.29 is 4.79 Å². The van der Waals surface area contributed by atoms with Gasteiger partial charge in [-0.3, -0.25) is 4.79 Å². The highest BCUT2D eigenvalue weighted by Crippen LogP contribution is 2.19. The number of carbonyl (C=O) groups is 1. The van der Waals surface area contributed by atoms with Crippen molar-refractivity contribution in [1.82, 2.24) is 9.97 Å². The van der Waals surface area contributed by atoms with Gasteiger partial charge in [-0.25, -0.2) is 9.97 Å². The third-order valence-electron chi connectivity index (χ3n) is 0.985. The molecule has 12 heavy (non-hydrogen) atoms. The SMILES string of the molecule is NC(=O)CSc1ncncc1I. The number of rotatable bonds is 3. The number of hydrogen-bond acceptors (Lipinski definition) is 4. The van der Waals surface area contributed by atoms with Crippen LogP contribution in [0.3, 0.4) is 0 Å². The maximum atomic E-state index is 10.4. The van der Waals surface area contributed by atoms with Gasteiger partial charge in [0.05, 0.1) is 9.32 Å². The van der Waals surface area contributed by atoms with E-state index in [-0.39, 0.29) is 11.7 Å². The fourth-order valence-corrected chi connectivity index (χ4v) is 1.91. The number of nitrogens with zero attached hydrogens (tertiary/aromatic N) is 2. The maximum Gasteiger partial charge on any atom is 0.227 e. The van der Waals surface area contributed by atoms with E-state index in [1.807, 2.05) is 0 Å². The largest absolute Gasteiger partial charge is 0.369 e. The second kappa shape index (κ2) is 4.61. The number of primary amides is 1. The average Bonchev–Trinajstić information content (AvgIpc) is 2.03. The number of halogens is 1. The van der Waals surface area contributed by atoms with Crippen molar-refractivity contribution in [3.8, 4) is 0 Å². The minimum Gasteiger partial charge on any atom is -0.369 e. The van der Waals surface area contributed by atoms with Crippen molar-refractivity contribution in [3.05, 3.63) is 16.1 Å². The van der Waals surface area contributed by atoms with E-state index in [1.54, 1.807) is 6.20 Å². The molecule has 0 unspecified atom stereocenters. The lowest BCUT2D eigenvalue weighted by atomic mass is 10.7. The molecule has 4 nitrogen and oxygen atoms in total. The highest BCUT2D eigenvalue weighted by molar-refractivity contribution is 14.1. The van der Waals surface area contributed by atoms with Gasteiger partial charge in [-0.05, 0) is 22.6 Å². The van der Waals surface area contributed by atoms with Crippen LogP contribution in [-0.2, 0) is 4.79 Å². The summed E-state index contributed by atoms with van der Waals surface area (Å²) in [6, 6.07) is 0. The predicted molar refractivity (Wildman–Crippen MR) is 54.7 cm³/mol. The van der Waals surface area contributed by atoms with Crippen LogP contribution in [-0.4, -0.2) is 21.6 Å². The molecule has 1 amide bonds. The minimum atomic E-state index is -0.339. The molecular weight excluding hydrogens is 289 g/mol. The molecule has 0 aliphatic carbocycles. The third-order valence-corrected chi connectivity index (χ3v) is 3.17. The lowest BCUT2D eigenvalue weighted by Crippen LogP contribution is -2.13. The first-order valence-electron chi connectivity index (χ1n) is 3.07. The quantitative estimate of drug-likeness (QED) is 0.505. The van der Waals surface area contributed by atoms with Crippen LogP contribution in [0, 0.1) is 3.57 Å². The van der Waals surface area contributed by atoms with E-state index in [2.05, 4.69) is 32.6 Å². The molecule has 0 atom stereocenters. The van der Waals surface area contributed by atoms with Gasteiger partial charge in [0.25, 0.3) is 0 Å². The normalized spacial score (nSPS) is 9.75. The smallest absolute Gasteiger partial charge is 0.227 e. The summed E-state index contributed by atoms with van der Waals surface area (Å²) in [6.07, 6.45) is 3.14. The summed E-state index contributed by atoms with van der Waals surface area (Å²) in [6.45, 7) is 0. The van der Waals surface area contributed by atoms with E-state index in [9.17, 15) is 4.79 Å². The molecule has 0 bridgehead atoms. The van der Waals surface area contributed by atoms with Gasteiger partial charge in [-0.1, -0.05) is 11.8 Å². The van der Waals surface area contributed by atoms with Gasteiger partial charge in [0.2, 0.25) is 5.91 Å². The van der Waals surface area contributed by atoms with Crippen LogP contribution < -0.4 is 5.73 Å². The molecule has 0 fully saturated rings. The molecule has 2 N–H and O–H groups in total. The van der Waals surface area contributed by atoms with Crippen LogP contribution in [0.1, 0.15) is 0 Å². The summed E-state index contributed by atoms with van der Waals surface area (Å²) in [7, 11) is 0. The van der Waals surface area contributed by atoms with E-state index >= 15 is 0 Å². The maximum absolute atomic E-state index is 10.4. The zero-order valence-corrected chi connectivity index (χ0v) is 9.00. The Balaban J connectivity index is 2.63. The first-order chi connectivity index (χ1) is 5.70. The van der Waals surface area contributed by atoms with Gasteiger partial charge < -0.3 is 5.73 Å². The molecular formula is C6H6IN3OS. The monoisotopic (exact) mass is 295 g/mol. The summed E-state index contributed by atoms with van der Waals surface area (Å²) in [5, 5.41) is 0.796. The summed E-state index contributed by atoms with van der Waals surface area (Å²) in [5.41, 5.74) is 4.98. The second-order valence-corrected chi connectivity index (χ2v) is 4.06. The summed E-state index contributed by atoms with van der Waals surface area (Å²) in [4.78, 5) is 18.3. The number of aromatic nitrogens is 2. The third kappa shape index (κ3) is 2.94. The number of nitrogens with two attached hydrogens (primary N) is 1. The Bertz CT molecular complexity index is 294. The predicted octanol–water partition coefficient (Wildman–Crippen LogP) is 0.659. The van der Waals surface area contributed by atoms with Crippen molar-refractivity contribution in [1.29, 1.82) is 0 Å². The number of amides is 1. The van der Waals surface area contributed by atoms with Crippen LogP contribution in [0.15, 0.2) is 17.6 Å². The van der Waals surface area contributed by atoms with Gasteiger partial charge in [0.1, 0.15) is 11.4 Å². The van der Waals surface area contributed by atoms with Crippen LogP contribution in [0.5, 0.6) is 0 Å². The van der Waals surface area contributed by atoms with E-state index in [4.69, 9.17) is 5.73 Å². The van der Waals surface area contributed by atoms with Crippen molar-refractivity contribution in [2.75, 3.05) is 5.75 Å². The number of carbonyl (C=O) groups excluding carboxylic acids is 1. The highest BCUT2D eigenvalue weighted by Gasteiger charge is 2.02. The zero-order valence-electron chi connectivity index (χ0n) is 6.03. The Labute approximate surface area is 87.5 Å². The van der Waals surface area contributed by atoms with E-state index in [0.717, 1.165) is 8.60 Å². The molecule has 0 spiro atoms. The van der Waals surface area contributed by atoms with Crippen LogP contribution >= 0.6 is 34.4 Å². The second-order valence-electron chi connectivity index (χ2n) is 1.93. The Morgan fingerprint density at radius 1 is 1.75 bits per heavy atom. The fourth-order valence-electron chi connectivity index (χ4n) is 0.547. The molecule has 1 heterocycles. The molecule has 0 aromatic carbocycles. The lowest BCUT2D eigenvalue weighted by Gasteiger charge is -1.98. The van der Waals surface area contributed by atoms with E-state index in [1.165, 1.54) is 18.1 Å². The van der Waals surface area contributed by atoms with Crippen LogP contribution in [0.2, 0.25) is 0 Å². The molecule has 0 saturated heterocycles. The molecule has 1 aromatic rings. The van der Waals surface area contributed by atoms with E-state index < -0.39 is 0 Å². The first kappa shape index (κ1) is 9.72. The number of thioether (sulfide) groups is 1. The van der Waals surface area contributed by atoms with Gasteiger partial charge in [0, 0.05) is 6.20 Å². The minimum absolute atomic E-state index is 0.257. The molecule has 0 aliphatic rings. The van der Waals surface area contributed by atoms with Crippen molar-refractivity contribution in [2.24, 2.45) is 5.73 Å². The van der Waals surface area contributed by atoms with Gasteiger partial charge in [-0.2, -0.15) is 0 Å². The zero-order chi connectivity index (χ0) is 8.97. The Hall–Kier alpha value is -0.370. The molecule has 64 valence electrons. The average molecular weight is 295 g/mol. The summed E-state index contributed by atoms with van der Waals surface area (Å²) >= 11 is 3.43. The topological polar surface area (TPSA) is 68.9 Å².